The Bertz CT molecular complexity index is 439. The van der Waals surface area contributed by atoms with Crippen LogP contribution in [0, 0.1) is 0 Å². The van der Waals surface area contributed by atoms with Crippen LogP contribution in [0.2, 0.25) is 5.02 Å². The minimum absolute atomic E-state index is 0.627. The van der Waals surface area contributed by atoms with Crippen LogP contribution in [0.4, 0.5) is 5.13 Å². The summed E-state index contributed by atoms with van der Waals surface area (Å²) >= 11 is 9.08. The summed E-state index contributed by atoms with van der Waals surface area (Å²) in [5.41, 5.74) is 5.55. The molecule has 0 saturated carbocycles. The molecular formula is C10H9ClN2S2. The molecule has 2 aromatic rings. The van der Waals surface area contributed by atoms with Gasteiger partial charge in [-0.2, -0.15) is 0 Å². The molecule has 1 aromatic carbocycles. The van der Waals surface area contributed by atoms with Crippen LogP contribution >= 0.6 is 34.7 Å². The number of nitrogens with zero attached hydrogens (tertiary/aromatic N) is 1. The van der Waals surface area contributed by atoms with E-state index in [1.807, 2.05) is 30.5 Å². The number of halogens is 1. The van der Waals surface area contributed by atoms with Crippen LogP contribution in [0.1, 0.15) is 4.88 Å². The number of nitrogens with two attached hydrogens (primary N) is 1. The monoisotopic (exact) mass is 256 g/mol. The molecule has 0 aliphatic rings. The van der Waals surface area contributed by atoms with Crippen molar-refractivity contribution in [1.82, 2.24) is 4.98 Å². The maximum Gasteiger partial charge on any atom is 0.180 e. The van der Waals surface area contributed by atoms with E-state index in [-0.39, 0.29) is 0 Å². The van der Waals surface area contributed by atoms with Gasteiger partial charge in [-0.05, 0) is 24.3 Å². The molecule has 0 bridgehead atoms. The first-order valence-electron chi connectivity index (χ1n) is 4.32. The zero-order valence-corrected chi connectivity index (χ0v) is 10.2. The van der Waals surface area contributed by atoms with E-state index in [9.17, 15) is 0 Å². The van der Waals surface area contributed by atoms with Gasteiger partial charge in [0.2, 0.25) is 0 Å². The van der Waals surface area contributed by atoms with Crippen molar-refractivity contribution in [2.75, 3.05) is 5.73 Å². The number of anilines is 1. The first-order valence-corrected chi connectivity index (χ1v) is 6.50. The largest absolute Gasteiger partial charge is 0.375 e. The van der Waals surface area contributed by atoms with E-state index in [1.54, 1.807) is 11.8 Å². The van der Waals surface area contributed by atoms with E-state index < -0.39 is 0 Å². The van der Waals surface area contributed by atoms with Crippen molar-refractivity contribution < 1.29 is 0 Å². The fourth-order valence-corrected chi connectivity index (χ4v) is 2.80. The van der Waals surface area contributed by atoms with Crippen molar-refractivity contribution in [3.8, 4) is 0 Å². The second kappa shape index (κ2) is 4.88. The van der Waals surface area contributed by atoms with Gasteiger partial charge in [-0.25, -0.2) is 4.98 Å². The van der Waals surface area contributed by atoms with Gasteiger partial charge in [-0.1, -0.05) is 11.6 Å². The molecular weight excluding hydrogens is 248 g/mol. The van der Waals surface area contributed by atoms with Crippen LogP contribution in [-0.4, -0.2) is 4.98 Å². The van der Waals surface area contributed by atoms with Gasteiger partial charge < -0.3 is 5.73 Å². The fraction of sp³-hybridized carbons (Fsp3) is 0.100. The molecule has 0 fully saturated rings. The smallest absolute Gasteiger partial charge is 0.180 e. The van der Waals surface area contributed by atoms with E-state index in [1.165, 1.54) is 21.1 Å². The Balaban J connectivity index is 1.96. The minimum Gasteiger partial charge on any atom is -0.375 e. The van der Waals surface area contributed by atoms with Crippen molar-refractivity contribution in [3.05, 3.63) is 40.4 Å². The third-order valence-corrected chi connectivity index (χ3v) is 4.09. The predicted molar refractivity (Wildman–Crippen MR) is 67.5 cm³/mol. The highest BCUT2D eigenvalue weighted by molar-refractivity contribution is 7.98. The molecule has 0 spiro atoms. The quantitative estimate of drug-likeness (QED) is 0.852. The molecule has 2 nitrogen and oxygen atoms in total. The van der Waals surface area contributed by atoms with Crippen LogP contribution in [0.15, 0.2) is 35.4 Å². The number of thioether (sulfide) groups is 1. The summed E-state index contributed by atoms with van der Waals surface area (Å²) in [6.45, 7) is 0. The maximum absolute atomic E-state index is 5.80. The molecule has 15 heavy (non-hydrogen) atoms. The van der Waals surface area contributed by atoms with Crippen molar-refractivity contribution >= 4 is 39.8 Å². The predicted octanol–water partition coefficient (Wildman–Crippen LogP) is 3.67. The number of hydrogen-bond donors (Lipinski definition) is 1. The van der Waals surface area contributed by atoms with E-state index >= 15 is 0 Å². The first kappa shape index (κ1) is 10.8. The molecule has 0 saturated heterocycles. The molecule has 0 atom stereocenters. The number of aromatic nitrogens is 1. The lowest BCUT2D eigenvalue weighted by molar-refractivity contribution is 1.36. The Kier molecular flexibility index (Phi) is 3.51. The fourth-order valence-electron chi connectivity index (χ4n) is 1.07. The second-order valence-corrected chi connectivity index (χ2v) is 5.54. The Morgan fingerprint density at radius 1 is 1.33 bits per heavy atom. The Morgan fingerprint density at radius 2 is 2.07 bits per heavy atom. The van der Waals surface area contributed by atoms with Crippen LogP contribution in [0.5, 0.6) is 0 Å². The van der Waals surface area contributed by atoms with Gasteiger partial charge in [-0.15, -0.1) is 23.1 Å². The topological polar surface area (TPSA) is 38.9 Å². The molecule has 0 aliphatic heterocycles. The number of hydrogen-bond acceptors (Lipinski definition) is 4. The molecule has 5 heteroatoms. The van der Waals surface area contributed by atoms with Crippen LogP contribution in [0.25, 0.3) is 0 Å². The summed E-state index contributed by atoms with van der Waals surface area (Å²) in [5.74, 6) is 0.899. The van der Waals surface area contributed by atoms with E-state index in [2.05, 4.69) is 4.98 Å². The lowest BCUT2D eigenvalue weighted by Gasteiger charge is -1.98. The Labute approximate surface area is 101 Å². The highest BCUT2D eigenvalue weighted by Gasteiger charge is 2.00. The molecule has 0 amide bonds. The van der Waals surface area contributed by atoms with Gasteiger partial charge in [0, 0.05) is 26.7 Å². The summed E-state index contributed by atoms with van der Waals surface area (Å²) in [5, 5.41) is 1.39. The summed E-state index contributed by atoms with van der Waals surface area (Å²) in [6.07, 6.45) is 1.82. The molecule has 2 N–H and O–H groups in total. The lowest BCUT2D eigenvalue weighted by Crippen LogP contribution is -1.77. The third kappa shape index (κ3) is 3.12. The van der Waals surface area contributed by atoms with Gasteiger partial charge in [0.1, 0.15) is 0 Å². The van der Waals surface area contributed by atoms with Crippen molar-refractivity contribution in [1.29, 1.82) is 0 Å². The van der Waals surface area contributed by atoms with Crippen molar-refractivity contribution in [2.24, 2.45) is 0 Å². The average Bonchev–Trinajstić information content (AvgIpc) is 2.64. The van der Waals surface area contributed by atoms with E-state index in [4.69, 9.17) is 17.3 Å². The van der Waals surface area contributed by atoms with Crippen LogP contribution < -0.4 is 5.73 Å². The Morgan fingerprint density at radius 3 is 2.67 bits per heavy atom. The lowest BCUT2D eigenvalue weighted by atomic mass is 10.4. The summed E-state index contributed by atoms with van der Waals surface area (Å²) in [4.78, 5) is 6.39. The zero-order valence-electron chi connectivity index (χ0n) is 7.81. The van der Waals surface area contributed by atoms with E-state index in [0.717, 1.165) is 10.8 Å². The molecule has 0 aliphatic carbocycles. The second-order valence-electron chi connectivity index (χ2n) is 2.91. The summed E-state index contributed by atoms with van der Waals surface area (Å²) < 4.78 is 0. The SMILES string of the molecule is Nc1ncc(CSc2ccc(Cl)cc2)s1. The van der Waals surface area contributed by atoms with E-state index in [0.29, 0.717) is 5.13 Å². The standard InChI is InChI=1S/C10H9ClN2S2/c11-7-1-3-8(4-2-7)14-6-9-5-13-10(12)15-9/h1-5H,6H2,(H2,12,13). The first-order chi connectivity index (χ1) is 7.24. The van der Waals surface area contributed by atoms with Gasteiger partial charge >= 0.3 is 0 Å². The van der Waals surface area contributed by atoms with Crippen molar-refractivity contribution in [2.45, 2.75) is 10.6 Å². The number of nitrogen functional groups attached to an aromatic ring is 1. The van der Waals surface area contributed by atoms with Crippen molar-refractivity contribution in [3.63, 3.8) is 0 Å². The van der Waals surface area contributed by atoms with Gasteiger partial charge in [0.15, 0.2) is 5.13 Å². The Hall–Kier alpha value is -0.710. The number of thiazole rings is 1. The normalized spacial score (nSPS) is 10.5. The number of benzene rings is 1. The van der Waals surface area contributed by atoms with Crippen LogP contribution in [-0.2, 0) is 5.75 Å². The molecule has 2 rings (SSSR count). The van der Waals surface area contributed by atoms with Gasteiger partial charge in [-0.3, -0.25) is 0 Å². The molecule has 1 aromatic heterocycles. The third-order valence-electron chi connectivity index (χ3n) is 1.77. The van der Waals surface area contributed by atoms with Gasteiger partial charge in [0.05, 0.1) is 0 Å². The molecule has 0 unspecified atom stereocenters. The summed E-state index contributed by atoms with van der Waals surface area (Å²) in [6, 6.07) is 7.81. The highest BCUT2D eigenvalue weighted by Crippen LogP contribution is 2.27. The molecule has 1 heterocycles. The van der Waals surface area contributed by atoms with Crippen LogP contribution in [0.3, 0.4) is 0 Å². The average molecular weight is 257 g/mol. The maximum atomic E-state index is 5.80. The zero-order chi connectivity index (χ0) is 10.7. The minimum atomic E-state index is 0.627. The number of rotatable bonds is 3. The molecule has 0 radical (unpaired) electrons. The van der Waals surface area contributed by atoms with Gasteiger partial charge in [0.25, 0.3) is 0 Å². The molecule has 78 valence electrons. The summed E-state index contributed by atoms with van der Waals surface area (Å²) in [7, 11) is 0. The highest BCUT2D eigenvalue weighted by atomic mass is 35.5.